The van der Waals surface area contributed by atoms with Crippen LogP contribution >= 0.6 is 0 Å². The lowest BCUT2D eigenvalue weighted by Crippen LogP contribution is -2.36. The van der Waals surface area contributed by atoms with Gasteiger partial charge in [0.15, 0.2) is 0 Å². The molecule has 0 bridgehead atoms. The van der Waals surface area contributed by atoms with E-state index in [1.807, 2.05) is 24.3 Å². The van der Waals surface area contributed by atoms with Crippen LogP contribution in [0.5, 0.6) is 0 Å². The van der Waals surface area contributed by atoms with Gasteiger partial charge in [0.1, 0.15) is 11.6 Å². The lowest BCUT2D eigenvalue weighted by Gasteiger charge is -2.29. The number of carbonyl (C=O) groups excluding carboxylic acids is 1. The number of H-pyrrole nitrogens is 1. The zero-order chi connectivity index (χ0) is 17.9. The fraction of sp³-hybridized carbons (Fsp3) is 0.350. The maximum Gasteiger partial charge on any atom is 0.258 e. The third-order valence-corrected chi connectivity index (χ3v) is 5.10. The Labute approximate surface area is 150 Å². The van der Waals surface area contributed by atoms with E-state index in [4.69, 9.17) is 4.42 Å². The summed E-state index contributed by atoms with van der Waals surface area (Å²) in [5, 5.41) is 3.53. The van der Waals surface area contributed by atoms with Crippen LogP contribution in [-0.2, 0) is 11.3 Å². The van der Waals surface area contributed by atoms with Crippen LogP contribution in [0, 0.1) is 5.92 Å². The summed E-state index contributed by atoms with van der Waals surface area (Å²) in [6, 6.07) is 10.9. The van der Waals surface area contributed by atoms with Crippen molar-refractivity contribution in [1.82, 2.24) is 15.3 Å². The minimum absolute atomic E-state index is 0.0121. The number of benzene rings is 1. The number of carbonyl (C=O) groups is 1. The predicted octanol–water partition coefficient (Wildman–Crippen LogP) is 3.11. The molecule has 1 aliphatic rings. The predicted molar refractivity (Wildman–Crippen MR) is 97.6 cm³/mol. The van der Waals surface area contributed by atoms with Crippen LogP contribution in [0.1, 0.15) is 43.2 Å². The Kier molecular flexibility index (Phi) is 4.56. The molecule has 1 amide bonds. The van der Waals surface area contributed by atoms with E-state index in [1.165, 1.54) is 0 Å². The molecule has 2 unspecified atom stereocenters. The van der Waals surface area contributed by atoms with Crippen LogP contribution in [0.15, 0.2) is 51.9 Å². The second-order valence-corrected chi connectivity index (χ2v) is 6.76. The van der Waals surface area contributed by atoms with Gasteiger partial charge >= 0.3 is 0 Å². The number of aromatic amines is 1. The number of para-hydroxylation sites is 1. The van der Waals surface area contributed by atoms with Crippen molar-refractivity contribution >= 4 is 16.8 Å². The molecule has 4 rings (SSSR count). The molecule has 6 heteroatoms. The Balaban J connectivity index is 1.59. The Morgan fingerprint density at radius 3 is 2.88 bits per heavy atom. The molecule has 0 saturated heterocycles. The fourth-order valence-electron chi connectivity index (χ4n) is 3.77. The van der Waals surface area contributed by atoms with Crippen LogP contribution in [0.2, 0.25) is 0 Å². The molecule has 0 radical (unpaired) electrons. The first-order chi connectivity index (χ1) is 12.7. The topological polar surface area (TPSA) is 88.0 Å². The Hall–Kier alpha value is -2.89. The molecular weight excluding hydrogens is 330 g/mol. The number of nitrogens with one attached hydrogen (secondary N) is 2. The van der Waals surface area contributed by atoms with Crippen molar-refractivity contribution in [2.24, 2.45) is 5.92 Å². The number of hydrogen-bond donors (Lipinski definition) is 2. The highest BCUT2D eigenvalue weighted by molar-refractivity contribution is 5.80. The van der Waals surface area contributed by atoms with Crippen molar-refractivity contribution in [3.05, 3.63) is 64.6 Å². The van der Waals surface area contributed by atoms with Crippen LogP contribution in [0.4, 0.5) is 0 Å². The van der Waals surface area contributed by atoms with Crippen molar-refractivity contribution in [2.75, 3.05) is 0 Å². The molecule has 0 spiro atoms. The van der Waals surface area contributed by atoms with Crippen molar-refractivity contribution in [3.63, 3.8) is 0 Å². The monoisotopic (exact) mass is 351 g/mol. The zero-order valence-electron chi connectivity index (χ0n) is 14.4. The third kappa shape index (κ3) is 3.27. The highest BCUT2D eigenvalue weighted by Crippen LogP contribution is 2.36. The highest BCUT2D eigenvalue weighted by atomic mass is 16.3. The molecule has 6 nitrogen and oxygen atoms in total. The van der Waals surface area contributed by atoms with Crippen LogP contribution < -0.4 is 10.9 Å². The van der Waals surface area contributed by atoms with Gasteiger partial charge in [-0.15, -0.1) is 0 Å². The summed E-state index contributed by atoms with van der Waals surface area (Å²) in [5.41, 5.74) is 0.525. The standard InChI is InChI=1S/C20H21N3O3/c24-19(21-12-13-6-5-11-26-13)15-8-2-1-7-14(15)18-22-17-10-4-3-9-16(17)20(25)23-18/h3-6,9-11,14-15H,1-2,7-8,12H2,(H,21,24)(H,22,23,25). The molecule has 134 valence electrons. The van der Waals surface area contributed by atoms with Crippen molar-refractivity contribution in [1.29, 1.82) is 0 Å². The first-order valence-corrected chi connectivity index (χ1v) is 9.01. The molecular formula is C20H21N3O3. The summed E-state index contributed by atoms with van der Waals surface area (Å²) in [7, 11) is 0. The van der Waals surface area contributed by atoms with Crippen LogP contribution in [0.3, 0.4) is 0 Å². The maximum absolute atomic E-state index is 12.8. The quantitative estimate of drug-likeness (QED) is 0.756. The van der Waals surface area contributed by atoms with E-state index in [2.05, 4.69) is 15.3 Å². The van der Waals surface area contributed by atoms with E-state index in [0.717, 1.165) is 31.4 Å². The molecule has 2 N–H and O–H groups in total. The second-order valence-electron chi connectivity index (χ2n) is 6.76. The van der Waals surface area contributed by atoms with E-state index in [9.17, 15) is 9.59 Å². The van der Waals surface area contributed by atoms with Gasteiger partial charge in [-0.25, -0.2) is 4.98 Å². The van der Waals surface area contributed by atoms with E-state index < -0.39 is 0 Å². The minimum Gasteiger partial charge on any atom is -0.467 e. The largest absolute Gasteiger partial charge is 0.467 e. The Morgan fingerprint density at radius 2 is 2.04 bits per heavy atom. The van der Waals surface area contributed by atoms with Gasteiger partial charge in [-0.05, 0) is 37.1 Å². The van der Waals surface area contributed by atoms with Gasteiger partial charge < -0.3 is 14.7 Å². The lowest BCUT2D eigenvalue weighted by molar-refractivity contribution is -0.126. The van der Waals surface area contributed by atoms with Crippen molar-refractivity contribution in [3.8, 4) is 0 Å². The molecule has 26 heavy (non-hydrogen) atoms. The summed E-state index contributed by atoms with van der Waals surface area (Å²) in [6.45, 7) is 0.372. The summed E-state index contributed by atoms with van der Waals surface area (Å²) < 4.78 is 5.27. The minimum atomic E-state index is -0.192. The van der Waals surface area contributed by atoms with Crippen molar-refractivity contribution < 1.29 is 9.21 Å². The molecule has 2 heterocycles. The molecule has 2 atom stereocenters. The number of fused-ring (bicyclic) bond motifs is 1. The fourth-order valence-corrected chi connectivity index (χ4v) is 3.77. The van der Waals surface area contributed by atoms with Gasteiger partial charge in [0.05, 0.1) is 23.7 Å². The smallest absolute Gasteiger partial charge is 0.258 e. The molecule has 2 aromatic heterocycles. The second kappa shape index (κ2) is 7.15. The highest BCUT2D eigenvalue weighted by Gasteiger charge is 2.33. The van der Waals surface area contributed by atoms with Gasteiger partial charge in [0.25, 0.3) is 5.56 Å². The van der Waals surface area contributed by atoms with E-state index >= 15 is 0 Å². The van der Waals surface area contributed by atoms with E-state index in [0.29, 0.717) is 23.3 Å². The normalized spacial score (nSPS) is 20.2. The average molecular weight is 351 g/mol. The number of rotatable bonds is 4. The summed E-state index contributed by atoms with van der Waals surface area (Å²) in [4.78, 5) is 32.7. The number of aromatic nitrogens is 2. The zero-order valence-corrected chi connectivity index (χ0v) is 14.4. The maximum atomic E-state index is 12.8. The molecule has 1 aliphatic carbocycles. The summed E-state index contributed by atoms with van der Waals surface area (Å²) >= 11 is 0. The number of amides is 1. The molecule has 1 fully saturated rings. The van der Waals surface area contributed by atoms with Crippen LogP contribution in [-0.4, -0.2) is 15.9 Å². The average Bonchev–Trinajstić information content (AvgIpc) is 3.20. The summed E-state index contributed by atoms with van der Waals surface area (Å²) in [6.07, 6.45) is 5.27. The molecule has 3 aromatic rings. The third-order valence-electron chi connectivity index (χ3n) is 5.10. The van der Waals surface area contributed by atoms with E-state index in [1.54, 1.807) is 18.4 Å². The van der Waals surface area contributed by atoms with E-state index in [-0.39, 0.29) is 23.3 Å². The van der Waals surface area contributed by atoms with Gasteiger partial charge in [-0.3, -0.25) is 9.59 Å². The number of furan rings is 1. The SMILES string of the molecule is O=C(NCc1ccco1)C1CCCCC1c1nc2ccccc2c(=O)[nH]1. The lowest BCUT2D eigenvalue weighted by atomic mass is 9.78. The molecule has 1 saturated carbocycles. The molecule has 1 aromatic carbocycles. The Morgan fingerprint density at radius 1 is 1.19 bits per heavy atom. The first-order valence-electron chi connectivity index (χ1n) is 9.01. The number of hydrogen-bond acceptors (Lipinski definition) is 4. The molecule has 0 aliphatic heterocycles. The van der Waals surface area contributed by atoms with Gasteiger partial charge in [0.2, 0.25) is 5.91 Å². The first kappa shape index (κ1) is 16.6. The van der Waals surface area contributed by atoms with Crippen molar-refractivity contribution in [2.45, 2.75) is 38.1 Å². The van der Waals surface area contributed by atoms with Gasteiger partial charge in [-0.2, -0.15) is 0 Å². The summed E-state index contributed by atoms with van der Waals surface area (Å²) in [5.74, 6) is 1.07. The van der Waals surface area contributed by atoms with Gasteiger partial charge in [0, 0.05) is 11.8 Å². The number of nitrogens with zero attached hydrogens (tertiary/aromatic N) is 1. The van der Waals surface area contributed by atoms with Gasteiger partial charge in [-0.1, -0.05) is 25.0 Å². The van der Waals surface area contributed by atoms with Crippen LogP contribution in [0.25, 0.3) is 10.9 Å². The Bertz CT molecular complexity index is 962.